The Morgan fingerprint density at radius 2 is 2.17 bits per heavy atom. The third-order valence-corrected chi connectivity index (χ3v) is 3.84. The Labute approximate surface area is 109 Å². The van der Waals surface area contributed by atoms with E-state index in [9.17, 15) is 4.79 Å². The number of nitrogens with one attached hydrogen (secondary N) is 1. The van der Waals surface area contributed by atoms with Crippen molar-refractivity contribution in [1.82, 2.24) is 5.32 Å². The van der Waals surface area contributed by atoms with Crippen molar-refractivity contribution in [3.63, 3.8) is 0 Å². The van der Waals surface area contributed by atoms with Gasteiger partial charge < -0.3 is 14.8 Å². The van der Waals surface area contributed by atoms with Crippen molar-refractivity contribution in [2.45, 2.75) is 26.9 Å². The van der Waals surface area contributed by atoms with Crippen molar-refractivity contribution in [3.8, 4) is 0 Å². The molecule has 2 aromatic heterocycles. The van der Waals surface area contributed by atoms with E-state index in [0.717, 1.165) is 6.54 Å². The molecule has 0 aliphatic carbocycles. The first-order valence-electron chi connectivity index (χ1n) is 5.65. The van der Waals surface area contributed by atoms with Crippen LogP contribution in [0.5, 0.6) is 0 Å². The molecular weight excluding hydrogens is 250 g/mol. The maximum absolute atomic E-state index is 10.6. The highest BCUT2D eigenvalue weighted by molar-refractivity contribution is 7.12. The van der Waals surface area contributed by atoms with Crippen molar-refractivity contribution >= 4 is 17.3 Å². The second-order valence-electron chi connectivity index (χ2n) is 4.13. The quantitative estimate of drug-likeness (QED) is 0.872. The van der Waals surface area contributed by atoms with Crippen LogP contribution < -0.4 is 5.32 Å². The van der Waals surface area contributed by atoms with E-state index in [0.29, 0.717) is 12.3 Å². The van der Waals surface area contributed by atoms with Crippen LogP contribution in [0, 0.1) is 13.8 Å². The highest BCUT2D eigenvalue weighted by Gasteiger charge is 2.08. The Morgan fingerprint density at radius 1 is 1.39 bits per heavy atom. The van der Waals surface area contributed by atoms with Crippen molar-refractivity contribution in [3.05, 3.63) is 45.0 Å². The molecule has 0 bridgehead atoms. The van der Waals surface area contributed by atoms with Crippen LogP contribution in [0.15, 0.2) is 22.6 Å². The zero-order chi connectivity index (χ0) is 13.1. The third-order valence-electron chi connectivity index (χ3n) is 2.69. The molecule has 2 aromatic rings. The molecule has 0 amide bonds. The Balaban J connectivity index is 1.86. The molecule has 0 saturated heterocycles. The van der Waals surface area contributed by atoms with E-state index in [2.05, 4.69) is 25.2 Å². The van der Waals surface area contributed by atoms with E-state index < -0.39 is 5.97 Å². The average Bonchev–Trinajstić information content (AvgIpc) is 2.88. The molecule has 2 rings (SSSR count). The summed E-state index contributed by atoms with van der Waals surface area (Å²) in [4.78, 5) is 13.2. The molecule has 0 atom stereocenters. The Morgan fingerprint density at radius 3 is 2.72 bits per heavy atom. The highest BCUT2D eigenvalue weighted by Crippen LogP contribution is 2.20. The minimum atomic E-state index is -1.04. The van der Waals surface area contributed by atoms with Crippen LogP contribution in [-0.2, 0) is 13.1 Å². The number of aryl methyl sites for hydroxylation is 2. The summed E-state index contributed by atoms with van der Waals surface area (Å²) in [5, 5.41) is 12.0. The van der Waals surface area contributed by atoms with E-state index in [4.69, 9.17) is 9.52 Å². The highest BCUT2D eigenvalue weighted by atomic mass is 32.1. The van der Waals surface area contributed by atoms with Gasteiger partial charge in [0.25, 0.3) is 0 Å². The van der Waals surface area contributed by atoms with Gasteiger partial charge in [-0.05, 0) is 37.6 Å². The second kappa shape index (κ2) is 5.37. The largest absolute Gasteiger partial charge is 0.475 e. The van der Waals surface area contributed by atoms with Crippen LogP contribution in [0.2, 0.25) is 0 Å². The SMILES string of the molecule is Cc1cc(CNCc2ccc(C(=O)O)o2)sc1C. The number of hydrogen-bond acceptors (Lipinski definition) is 4. The van der Waals surface area contributed by atoms with Gasteiger partial charge in [0.15, 0.2) is 0 Å². The predicted octanol–water partition coefficient (Wildman–Crippen LogP) is 2.95. The Hall–Kier alpha value is -1.59. The Kier molecular flexibility index (Phi) is 3.84. The summed E-state index contributed by atoms with van der Waals surface area (Å²) in [6.07, 6.45) is 0. The Bertz CT molecular complexity index is 537. The number of rotatable bonds is 5. The van der Waals surface area contributed by atoms with Gasteiger partial charge in [-0.1, -0.05) is 0 Å². The molecule has 0 aromatic carbocycles. The molecule has 2 N–H and O–H groups in total. The molecule has 0 saturated carbocycles. The summed E-state index contributed by atoms with van der Waals surface area (Å²) in [6.45, 7) is 5.50. The van der Waals surface area contributed by atoms with Gasteiger partial charge in [-0.3, -0.25) is 0 Å². The fraction of sp³-hybridized carbons (Fsp3) is 0.308. The fourth-order valence-corrected chi connectivity index (χ4v) is 2.66. The minimum absolute atomic E-state index is 0.0189. The zero-order valence-corrected chi connectivity index (χ0v) is 11.1. The standard InChI is InChI=1S/C13H15NO3S/c1-8-5-11(18-9(8)2)7-14-6-10-3-4-12(17-10)13(15)16/h3-5,14H,6-7H2,1-2H3,(H,15,16). The third kappa shape index (κ3) is 3.00. The van der Waals surface area contributed by atoms with Gasteiger partial charge in [0, 0.05) is 16.3 Å². The lowest BCUT2D eigenvalue weighted by Crippen LogP contribution is -2.11. The summed E-state index contributed by atoms with van der Waals surface area (Å²) in [5.74, 6) is -0.419. The fourth-order valence-electron chi connectivity index (χ4n) is 1.63. The molecule has 2 heterocycles. The summed E-state index contributed by atoms with van der Waals surface area (Å²) >= 11 is 1.77. The topological polar surface area (TPSA) is 62.5 Å². The van der Waals surface area contributed by atoms with E-state index >= 15 is 0 Å². The molecule has 5 heteroatoms. The molecule has 0 fully saturated rings. The van der Waals surface area contributed by atoms with Gasteiger partial charge >= 0.3 is 5.97 Å². The first kappa shape index (κ1) is 12.9. The molecular formula is C13H15NO3S. The summed E-state index contributed by atoms with van der Waals surface area (Å²) in [7, 11) is 0. The first-order chi connectivity index (χ1) is 8.56. The second-order valence-corrected chi connectivity index (χ2v) is 5.47. The van der Waals surface area contributed by atoms with Crippen molar-refractivity contribution in [2.24, 2.45) is 0 Å². The van der Waals surface area contributed by atoms with Crippen LogP contribution in [0.3, 0.4) is 0 Å². The minimum Gasteiger partial charge on any atom is -0.475 e. The van der Waals surface area contributed by atoms with E-state index in [1.807, 2.05) is 0 Å². The van der Waals surface area contributed by atoms with Gasteiger partial charge in [-0.15, -0.1) is 11.3 Å². The lowest BCUT2D eigenvalue weighted by atomic mass is 10.3. The van der Waals surface area contributed by atoms with Gasteiger partial charge in [-0.2, -0.15) is 0 Å². The number of furan rings is 1. The van der Waals surface area contributed by atoms with Crippen LogP contribution in [-0.4, -0.2) is 11.1 Å². The van der Waals surface area contributed by atoms with Gasteiger partial charge in [0.1, 0.15) is 5.76 Å². The van der Waals surface area contributed by atoms with E-state index in [-0.39, 0.29) is 5.76 Å². The number of hydrogen-bond donors (Lipinski definition) is 2. The lowest BCUT2D eigenvalue weighted by molar-refractivity contribution is 0.0660. The van der Waals surface area contributed by atoms with E-state index in [1.165, 1.54) is 21.4 Å². The number of thiophene rings is 1. The number of aromatic carboxylic acids is 1. The summed E-state index contributed by atoms with van der Waals surface area (Å²) in [5.41, 5.74) is 1.31. The molecule has 18 heavy (non-hydrogen) atoms. The molecule has 0 aliphatic rings. The predicted molar refractivity (Wildman–Crippen MR) is 70.0 cm³/mol. The number of carboxylic acids is 1. The van der Waals surface area contributed by atoms with Crippen molar-refractivity contribution in [2.75, 3.05) is 0 Å². The first-order valence-corrected chi connectivity index (χ1v) is 6.46. The maximum Gasteiger partial charge on any atom is 0.371 e. The van der Waals surface area contributed by atoms with Gasteiger partial charge in [0.05, 0.1) is 6.54 Å². The van der Waals surface area contributed by atoms with Crippen LogP contribution in [0.4, 0.5) is 0 Å². The molecule has 0 aliphatic heterocycles. The van der Waals surface area contributed by atoms with Crippen LogP contribution >= 0.6 is 11.3 Å². The zero-order valence-electron chi connectivity index (χ0n) is 10.3. The molecule has 0 radical (unpaired) electrons. The van der Waals surface area contributed by atoms with Crippen molar-refractivity contribution < 1.29 is 14.3 Å². The van der Waals surface area contributed by atoms with Crippen molar-refractivity contribution in [1.29, 1.82) is 0 Å². The molecule has 0 spiro atoms. The maximum atomic E-state index is 10.6. The monoisotopic (exact) mass is 265 g/mol. The van der Waals surface area contributed by atoms with Crippen LogP contribution in [0.25, 0.3) is 0 Å². The van der Waals surface area contributed by atoms with Crippen LogP contribution in [0.1, 0.15) is 31.6 Å². The summed E-state index contributed by atoms with van der Waals surface area (Å²) in [6, 6.07) is 5.32. The normalized spacial score (nSPS) is 10.8. The smallest absolute Gasteiger partial charge is 0.371 e. The average molecular weight is 265 g/mol. The molecule has 0 unspecified atom stereocenters. The summed E-state index contributed by atoms with van der Waals surface area (Å²) < 4.78 is 5.15. The molecule has 4 nitrogen and oxygen atoms in total. The van der Waals surface area contributed by atoms with Gasteiger partial charge in [-0.25, -0.2) is 4.79 Å². The number of carboxylic acid groups (broad SMARTS) is 1. The lowest BCUT2D eigenvalue weighted by Gasteiger charge is -1.99. The number of carbonyl (C=O) groups is 1. The molecule has 96 valence electrons. The van der Waals surface area contributed by atoms with Gasteiger partial charge in [0.2, 0.25) is 5.76 Å². The van der Waals surface area contributed by atoms with E-state index in [1.54, 1.807) is 17.4 Å².